The number of nitrogens with one attached hydrogen (secondary N) is 1. The van der Waals surface area contributed by atoms with Crippen LogP contribution in [0.15, 0.2) is 16.6 Å². The highest BCUT2D eigenvalue weighted by Gasteiger charge is 2.36. The highest BCUT2D eigenvalue weighted by atomic mass is 79.9. The van der Waals surface area contributed by atoms with E-state index in [9.17, 15) is 0 Å². The molecule has 1 N–H and O–H groups in total. The van der Waals surface area contributed by atoms with Crippen molar-refractivity contribution in [2.45, 2.75) is 51.5 Å². The van der Waals surface area contributed by atoms with Crippen LogP contribution in [-0.4, -0.2) is 25.2 Å². The van der Waals surface area contributed by atoms with Gasteiger partial charge in [0.15, 0.2) is 0 Å². The van der Waals surface area contributed by atoms with Gasteiger partial charge in [0, 0.05) is 35.3 Å². The third-order valence-electron chi connectivity index (χ3n) is 4.97. The lowest BCUT2D eigenvalue weighted by Gasteiger charge is -2.47. The Morgan fingerprint density at radius 2 is 1.75 bits per heavy atom. The first-order valence-electron chi connectivity index (χ1n) is 7.86. The molecule has 1 spiro atoms. The Morgan fingerprint density at radius 3 is 2.40 bits per heavy atom. The van der Waals surface area contributed by atoms with E-state index >= 15 is 0 Å². The second-order valence-corrected chi connectivity index (χ2v) is 7.38. The van der Waals surface area contributed by atoms with Crippen molar-refractivity contribution in [3.63, 3.8) is 0 Å². The molecule has 1 heterocycles. The summed E-state index contributed by atoms with van der Waals surface area (Å²) < 4.78 is 1.25. The van der Waals surface area contributed by atoms with E-state index in [2.05, 4.69) is 52.1 Å². The van der Waals surface area contributed by atoms with E-state index in [-0.39, 0.29) is 0 Å². The smallest absolute Gasteiger partial charge is 0.0373 e. The molecule has 1 aliphatic carbocycles. The van der Waals surface area contributed by atoms with Crippen LogP contribution in [0.5, 0.6) is 0 Å². The topological polar surface area (TPSA) is 15.3 Å². The molecule has 1 saturated carbocycles. The van der Waals surface area contributed by atoms with Crippen molar-refractivity contribution in [2.24, 2.45) is 0 Å². The molecule has 0 amide bonds. The number of nitrogens with zero attached hydrogens (tertiary/aromatic N) is 1. The molecule has 1 aliphatic heterocycles. The molecular formula is C17H25BrN2. The molecular weight excluding hydrogens is 312 g/mol. The molecule has 2 nitrogen and oxygen atoms in total. The molecule has 0 bridgehead atoms. The van der Waals surface area contributed by atoms with Crippen molar-refractivity contribution < 1.29 is 0 Å². The zero-order valence-electron chi connectivity index (χ0n) is 12.6. The van der Waals surface area contributed by atoms with Crippen LogP contribution in [0, 0.1) is 13.8 Å². The number of rotatable bonds is 1. The Balaban J connectivity index is 1.83. The highest BCUT2D eigenvalue weighted by molar-refractivity contribution is 9.10. The van der Waals surface area contributed by atoms with Crippen LogP contribution in [0.4, 0.5) is 5.69 Å². The lowest BCUT2D eigenvalue weighted by molar-refractivity contribution is 0.216. The number of anilines is 1. The molecule has 2 fully saturated rings. The third kappa shape index (κ3) is 2.75. The highest BCUT2D eigenvalue weighted by Crippen LogP contribution is 2.34. The molecule has 1 aromatic carbocycles. The second kappa shape index (κ2) is 5.69. The lowest BCUT2D eigenvalue weighted by Crippen LogP contribution is -2.61. The summed E-state index contributed by atoms with van der Waals surface area (Å²) in [4.78, 5) is 2.59. The minimum Gasteiger partial charge on any atom is -0.368 e. The van der Waals surface area contributed by atoms with Crippen molar-refractivity contribution in [3.05, 3.63) is 27.7 Å². The van der Waals surface area contributed by atoms with Gasteiger partial charge in [-0.05, 0) is 49.9 Å². The van der Waals surface area contributed by atoms with Gasteiger partial charge in [-0.2, -0.15) is 0 Å². The molecule has 0 aromatic heterocycles. The summed E-state index contributed by atoms with van der Waals surface area (Å²) in [5.74, 6) is 0. The minimum absolute atomic E-state index is 0.380. The first-order chi connectivity index (χ1) is 9.60. The minimum atomic E-state index is 0.380. The molecule has 0 radical (unpaired) electrons. The zero-order chi connectivity index (χ0) is 14.2. The summed E-state index contributed by atoms with van der Waals surface area (Å²) in [6, 6.07) is 4.66. The molecule has 0 atom stereocenters. The normalized spacial score (nSPS) is 22.2. The van der Waals surface area contributed by atoms with Gasteiger partial charge in [0.2, 0.25) is 0 Å². The van der Waals surface area contributed by atoms with Gasteiger partial charge in [0.1, 0.15) is 0 Å². The van der Waals surface area contributed by atoms with Gasteiger partial charge in [-0.25, -0.2) is 0 Å². The van der Waals surface area contributed by atoms with Crippen LogP contribution in [-0.2, 0) is 0 Å². The average Bonchev–Trinajstić information content (AvgIpc) is 2.45. The molecule has 3 rings (SSSR count). The van der Waals surface area contributed by atoms with E-state index in [4.69, 9.17) is 0 Å². The van der Waals surface area contributed by atoms with E-state index in [0.717, 1.165) is 13.1 Å². The summed E-state index contributed by atoms with van der Waals surface area (Å²) in [5.41, 5.74) is 4.47. The van der Waals surface area contributed by atoms with E-state index in [1.54, 1.807) is 0 Å². The fraction of sp³-hybridized carbons (Fsp3) is 0.647. The molecule has 20 heavy (non-hydrogen) atoms. The van der Waals surface area contributed by atoms with Crippen molar-refractivity contribution in [2.75, 3.05) is 24.5 Å². The maximum absolute atomic E-state index is 3.82. The SMILES string of the molecule is Cc1cc(N2CCNC3(CCCCC3)C2)cc(C)c1Br. The standard InChI is InChI=1S/C17H25BrN2/c1-13-10-15(11-14(2)16(13)18)20-9-8-19-17(12-20)6-4-3-5-7-17/h10-11,19H,3-9,12H2,1-2H3. The zero-order valence-corrected chi connectivity index (χ0v) is 14.2. The first-order valence-corrected chi connectivity index (χ1v) is 8.66. The van der Waals surface area contributed by atoms with Crippen molar-refractivity contribution in [1.82, 2.24) is 5.32 Å². The van der Waals surface area contributed by atoms with Crippen molar-refractivity contribution in [1.29, 1.82) is 0 Å². The second-order valence-electron chi connectivity index (χ2n) is 6.58. The van der Waals surface area contributed by atoms with Crippen molar-refractivity contribution in [3.8, 4) is 0 Å². The fourth-order valence-corrected chi connectivity index (χ4v) is 4.07. The maximum Gasteiger partial charge on any atom is 0.0373 e. The van der Waals surface area contributed by atoms with Gasteiger partial charge < -0.3 is 10.2 Å². The van der Waals surface area contributed by atoms with Gasteiger partial charge in [-0.1, -0.05) is 35.2 Å². The van der Waals surface area contributed by atoms with Crippen LogP contribution < -0.4 is 10.2 Å². The average molecular weight is 337 g/mol. The molecule has 3 heteroatoms. The maximum atomic E-state index is 3.82. The molecule has 110 valence electrons. The molecule has 1 aromatic rings. The number of hydrogen-bond acceptors (Lipinski definition) is 2. The Morgan fingerprint density at radius 1 is 1.10 bits per heavy atom. The van der Waals surface area contributed by atoms with Gasteiger partial charge in [0.05, 0.1) is 0 Å². The van der Waals surface area contributed by atoms with Gasteiger partial charge in [0.25, 0.3) is 0 Å². The number of hydrogen-bond donors (Lipinski definition) is 1. The van der Waals surface area contributed by atoms with Crippen LogP contribution in [0.25, 0.3) is 0 Å². The van der Waals surface area contributed by atoms with Gasteiger partial charge in [-0.3, -0.25) is 0 Å². The molecule has 2 aliphatic rings. The summed E-state index contributed by atoms with van der Waals surface area (Å²) in [5, 5.41) is 3.82. The van der Waals surface area contributed by atoms with E-state index in [1.807, 2.05) is 0 Å². The van der Waals surface area contributed by atoms with Crippen LogP contribution in [0.1, 0.15) is 43.2 Å². The number of piperazine rings is 1. The number of benzene rings is 1. The number of aryl methyl sites for hydroxylation is 2. The van der Waals surface area contributed by atoms with Crippen LogP contribution in [0.3, 0.4) is 0 Å². The van der Waals surface area contributed by atoms with Crippen molar-refractivity contribution >= 4 is 21.6 Å². The molecule has 1 saturated heterocycles. The first kappa shape index (κ1) is 14.4. The predicted octanol–water partition coefficient (Wildman–Crippen LogP) is 4.18. The monoisotopic (exact) mass is 336 g/mol. The quantitative estimate of drug-likeness (QED) is 0.827. The Labute approximate surface area is 131 Å². The Hall–Kier alpha value is -0.540. The summed E-state index contributed by atoms with van der Waals surface area (Å²) in [7, 11) is 0. The van der Waals surface area contributed by atoms with E-state index < -0.39 is 0 Å². The fourth-order valence-electron chi connectivity index (χ4n) is 3.85. The Bertz CT molecular complexity index is 463. The Kier molecular flexibility index (Phi) is 4.09. The van der Waals surface area contributed by atoms with Crippen LogP contribution >= 0.6 is 15.9 Å². The lowest BCUT2D eigenvalue weighted by atomic mass is 9.80. The summed E-state index contributed by atoms with van der Waals surface area (Å²) >= 11 is 3.68. The predicted molar refractivity (Wildman–Crippen MR) is 89.6 cm³/mol. The largest absolute Gasteiger partial charge is 0.368 e. The summed E-state index contributed by atoms with van der Waals surface area (Å²) in [6.45, 7) is 7.81. The molecule has 0 unspecified atom stereocenters. The van der Waals surface area contributed by atoms with E-state index in [1.165, 1.54) is 59.9 Å². The van der Waals surface area contributed by atoms with Gasteiger partial charge >= 0.3 is 0 Å². The summed E-state index contributed by atoms with van der Waals surface area (Å²) in [6.07, 6.45) is 6.88. The van der Waals surface area contributed by atoms with E-state index in [0.29, 0.717) is 5.54 Å². The van der Waals surface area contributed by atoms with Crippen LogP contribution in [0.2, 0.25) is 0 Å². The number of halogens is 1. The van der Waals surface area contributed by atoms with Gasteiger partial charge in [-0.15, -0.1) is 0 Å². The third-order valence-corrected chi connectivity index (χ3v) is 6.22.